The Morgan fingerprint density at radius 1 is 1.12 bits per heavy atom. The number of fused-ring (bicyclic) bond motifs is 1. The molecule has 8 heteroatoms. The summed E-state index contributed by atoms with van der Waals surface area (Å²) in [5.74, 6) is 0.687. The van der Waals surface area contributed by atoms with Crippen molar-refractivity contribution in [1.29, 1.82) is 0 Å². The van der Waals surface area contributed by atoms with Gasteiger partial charge in [-0.25, -0.2) is 0 Å². The van der Waals surface area contributed by atoms with Crippen LogP contribution < -0.4 is 9.47 Å². The summed E-state index contributed by atoms with van der Waals surface area (Å²) in [5.41, 5.74) is 1.48. The minimum atomic E-state index is -0.241. The highest BCUT2D eigenvalue weighted by atomic mass is 32.2. The van der Waals surface area contributed by atoms with Crippen LogP contribution in [0, 0.1) is 0 Å². The number of ether oxygens (including phenoxy) is 2. The van der Waals surface area contributed by atoms with Gasteiger partial charge >= 0.3 is 0 Å². The zero-order valence-corrected chi connectivity index (χ0v) is 15.0. The van der Waals surface area contributed by atoms with Crippen LogP contribution in [0.1, 0.15) is 11.1 Å². The van der Waals surface area contributed by atoms with Crippen molar-refractivity contribution >= 4 is 40.3 Å². The third-order valence-corrected chi connectivity index (χ3v) is 5.33. The SMILES string of the molecule is O=C1C(=Cc2ccc(O)c(O)c2)SC(=S)N1Cc1ccc2c(c1)OCO2. The molecule has 0 spiro atoms. The number of rotatable bonds is 3. The molecule has 2 aliphatic rings. The van der Waals surface area contributed by atoms with Crippen LogP contribution in [0.3, 0.4) is 0 Å². The first kappa shape index (κ1) is 16.7. The number of phenols is 2. The zero-order valence-electron chi connectivity index (χ0n) is 13.3. The second-order valence-corrected chi connectivity index (χ2v) is 7.38. The van der Waals surface area contributed by atoms with Crippen LogP contribution in [0.2, 0.25) is 0 Å². The van der Waals surface area contributed by atoms with Gasteiger partial charge in [0.25, 0.3) is 5.91 Å². The molecule has 2 N–H and O–H groups in total. The molecule has 6 nitrogen and oxygen atoms in total. The number of amides is 1. The molecule has 1 amide bonds. The highest BCUT2D eigenvalue weighted by molar-refractivity contribution is 8.26. The highest BCUT2D eigenvalue weighted by Gasteiger charge is 2.32. The third-order valence-electron chi connectivity index (χ3n) is 3.95. The van der Waals surface area contributed by atoms with Crippen LogP contribution in [0.5, 0.6) is 23.0 Å². The van der Waals surface area contributed by atoms with E-state index in [1.807, 2.05) is 18.2 Å². The van der Waals surface area contributed by atoms with Crippen LogP contribution in [0.25, 0.3) is 6.08 Å². The van der Waals surface area contributed by atoms with Gasteiger partial charge < -0.3 is 19.7 Å². The number of aromatic hydroxyl groups is 2. The van der Waals surface area contributed by atoms with Gasteiger partial charge in [-0.15, -0.1) is 0 Å². The van der Waals surface area contributed by atoms with Crippen LogP contribution in [-0.2, 0) is 11.3 Å². The molecule has 2 heterocycles. The van der Waals surface area contributed by atoms with E-state index in [4.69, 9.17) is 21.7 Å². The maximum Gasteiger partial charge on any atom is 0.266 e. The fourth-order valence-electron chi connectivity index (χ4n) is 2.64. The van der Waals surface area contributed by atoms with E-state index < -0.39 is 0 Å². The largest absolute Gasteiger partial charge is 0.504 e. The number of carbonyl (C=O) groups excluding carboxylic acids is 1. The van der Waals surface area contributed by atoms with Gasteiger partial charge in [0.2, 0.25) is 6.79 Å². The van der Waals surface area contributed by atoms with Gasteiger partial charge in [-0.3, -0.25) is 9.69 Å². The monoisotopic (exact) mass is 387 g/mol. The number of carbonyl (C=O) groups is 1. The van der Waals surface area contributed by atoms with Crippen molar-refractivity contribution in [2.45, 2.75) is 6.54 Å². The Morgan fingerprint density at radius 3 is 2.73 bits per heavy atom. The average Bonchev–Trinajstić information content (AvgIpc) is 3.18. The summed E-state index contributed by atoms with van der Waals surface area (Å²) in [7, 11) is 0. The summed E-state index contributed by atoms with van der Waals surface area (Å²) in [4.78, 5) is 14.7. The number of thioether (sulfide) groups is 1. The molecular weight excluding hydrogens is 374 g/mol. The Kier molecular flexibility index (Phi) is 4.21. The molecule has 0 bridgehead atoms. The first-order chi connectivity index (χ1) is 12.5. The molecule has 0 atom stereocenters. The summed E-state index contributed by atoms with van der Waals surface area (Å²) in [6, 6.07) is 9.88. The maximum absolute atomic E-state index is 12.7. The van der Waals surface area contributed by atoms with Crippen molar-refractivity contribution in [2.75, 3.05) is 6.79 Å². The lowest BCUT2D eigenvalue weighted by Gasteiger charge is -2.14. The van der Waals surface area contributed by atoms with Gasteiger partial charge in [-0.2, -0.15) is 0 Å². The molecule has 0 unspecified atom stereocenters. The fourth-order valence-corrected chi connectivity index (χ4v) is 3.89. The average molecular weight is 387 g/mol. The summed E-state index contributed by atoms with van der Waals surface area (Å²) >= 11 is 6.54. The lowest BCUT2D eigenvalue weighted by atomic mass is 10.1. The van der Waals surface area contributed by atoms with Crippen molar-refractivity contribution in [2.24, 2.45) is 0 Å². The molecule has 0 radical (unpaired) electrons. The van der Waals surface area contributed by atoms with E-state index in [1.165, 1.54) is 28.8 Å². The first-order valence-corrected chi connectivity index (χ1v) is 8.89. The van der Waals surface area contributed by atoms with Crippen molar-refractivity contribution in [3.05, 3.63) is 52.4 Å². The Labute approximate surface area is 158 Å². The molecule has 26 heavy (non-hydrogen) atoms. The lowest BCUT2D eigenvalue weighted by Crippen LogP contribution is -2.27. The van der Waals surface area contributed by atoms with E-state index in [2.05, 4.69) is 0 Å². The van der Waals surface area contributed by atoms with Crippen LogP contribution in [-0.4, -0.2) is 32.1 Å². The van der Waals surface area contributed by atoms with Crippen LogP contribution >= 0.6 is 24.0 Å². The number of hydrogen-bond donors (Lipinski definition) is 2. The topological polar surface area (TPSA) is 79.2 Å². The van der Waals surface area contributed by atoms with Gasteiger partial charge in [-0.05, 0) is 41.5 Å². The molecule has 1 saturated heterocycles. The van der Waals surface area contributed by atoms with E-state index >= 15 is 0 Å². The number of hydrogen-bond acceptors (Lipinski definition) is 7. The van der Waals surface area contributed by atoms with Gasteiger partial charge in [0.05, 0.1) is 11.4 Å². The number of benzene rings is 2. The predicted molar refractivity (Wildman–Crippen MR) is 101 cm³/mol. The molecule has 0 saturated carbocycles. The molecule has 2 aromatic rings. The van der Waals surface area contributed by atoms with Crippen LogP contribution in [0.15, 0.2) is 41.3 Å². The smallest absolute Gasteiger partial charge is 0.266 e. The Bertz CT molecular complexity index is 957. The Balaban J connectivity index is 1.55. The van der Waals surface area contributed by atoms with Crippen molar-refractivity contribution in [3.63, 3.8) is 0 Å². The molecule has 132 valence electrons. The molecule has 0 aromatic heterocycles. The second-order valence-electron chi connectivity index (χ2n) is 5.70. The summed E-state index contributed by atoms with van der Waals surface area (Å²) in [6.07, 6.45) is 1.64. The van der Waals surface area contributed by atoms with Crippen molar-refractivity contribution in [3.8, 4) is 23.0 Å². The molecule has 2 aliphatic heterocycles. The number of phenolic OH excluding ortho intramolecular Hbond substituents is 2. The number of thiocarbonyl (C=S) groups is 1. The lowest BCUT2D eigenvalue weighted by molar-refractivity contribution is -0.122. The van der Waals surface area contributed by atoms with Crippen molar-refractivity contribution in [1.82, 2.24) is 4.90 Å². The van der Waals surface area contributed by atoms with Gasteiger partial charge in [0.15, 0.2) is 23.0 Å². The summed E-state index contributed by atoms with van der Waals surface area (Å²) in [5, 5.41) is 19.0. The van der Waals surface area contributed by atoms with Crippen molar-refractivity contribution < 1.29 is 24.5 Å². The fraction of sp³-hybridized carbons (Fsp3) is 0.111. The summed E-state index contributed by atoms with van der Waals surface area (Å²) in [6.45, 7) is 0.529. The van der Waals surface area contributed by atoms with Gasteiger partial charge in [-0.1, -0.05) is 36.1 Å². The third kappa shape index (κ3) is 3.09. The van der Waals surface area contributed by atoms with E-state index in [-0.39, 0.29) is 24.2 Å². The second kappa shape index (κ2) is 6.54. The Hall–Kier alpha value is -2.71. The highest BCUT2D eigenvalue weighted by Crippen LogP contribution is 2.37. The van der Waals surface area contributed by atoms with Gasteiger partial charge in [0, 0.05) is 0 Å². The zero-order chi connectivity index (χ0) is 18.3. The normalized spacial score (nSPS) is 17.4. The molecule has 1 fully saturated rings. The van der Waals surface area contributed by atoms with E-state index in [1.54, 1.807) is 12.1 Å². The van der Waals surface area contributed by atoms with E-state index in [0.29, 0.717) is 32.8 Å². The maximum atomic E-state index is 12.7. The first-order valence-electron chi connectivity index (χ1n) is 7.67. The predicted octanol–water partition coefficient (Wildman–Crippen LogP) is 3.23. The molecule has 0 aliphatic carbocycles. The Morgan fingerprint density at radius 2 is 1.92 bits per heavy atom. The minimum Gasteiger partial charge on any atom is -0.504 e. The molecular formula is C18H13NO5S2. The van der Waals surface area contributed by atoms with E-state index in [9.17, 15) is 15.0 Å². The minimum absolute atomic E-state index is 0.196. The quantitative estimate of drug-likeness (QED) is 0.476. The molecule has 4 rings (SSSR count). The van der Waals surface area contributed by atoms with Crippen LogP contribution in [0.4, 0.5) is 0 Å². The standard InChI is InChI=1S/C18H13NO5S2/c20-12-3-1-10(5-13(12)21)7-16-17(22)19(18(25)26-16)8-11-2-4-14-15(6-11)24-9-23-14/h1-7,20-21H,8-9H2. The summed E-state index contributed by atoms with van der Waals surface area (Å²) < 4.78 is 11.1. The van der Waals surface area contributed by atoms with E-state index in [0.717, 1.165) is 5.56 Å². The van der Waals surface area contributed by atoms with Gasteiger partial charge in [0.1, 0.15) is 4.32 Å². The number of nitrogens with zero attached hydrogens (tertiary/aromatic N) is 1. The molecule has 2 aromatic carbocycles.